The molecule has 0 heterocycles. The maximum absolute atomic E-state index is 9.19. The van der Waals surface area contributed by atoms with Crippen molar-refractivity contribution < 1.29 is 4.74 Å². The molecule has 0 saturated heterocycles. The molecule has 1 aliphatic carbocycles. The molecule has 1 fully saturated rings. The lowest BCUT2D eigenvalue weighted by molar-refractivity contribution is 0.391. The van der Waals surface area contributed by atoms with Crippen LogP contribution in [0.2, 0.25) is 0 Å². The molecule has 0 radical (unpaired) electrons. The van der Waals surface area contributed by atoms with Gasteiger partial charge in [0.05, 0.1) is 18.4 Å². The third-order valence-electron chi connectivity index (χ3n) is 4.44. The molecule has 0 amide bonds. The molecule has 3 nitrogen and oxygen atoms in total. The van der Waals surface area contributed by atoms with Crippen molar-refractivity contribution >= 4 is 5.69 Å². The van der Waals surface area contributed by atoms with Gasteiger partial charge in [0.1, 0.15) is 11.8 Å². The van der Waals surface area contributed by atoms with Crippen LogP contribution in [0.1, 0.15) is 38.7 Å². The minimum absolute atomic E-state index is 0.462. The fourth-order valence-corrected chi connectivity index (χ4v) is 3.09. The number of hydrogen-bond donors (Lipinski definition) is 1. The van der Waals surface area contributed by atoms with Gasteiger partial charge in [0.15, 0.2) is 0 Å². The van der Waals surface area contributed by atoms with Crippen molar-refractivity contribution in [2.75, 3.05) is 12.4 Å². The number of hydrogen-bond acceptors (Lipinski definition) is 3. The highest BCUT2D eigenvalue weighted by Crippen LogP contribution is 2.36. The zero-order valence-electron chi connectivity index (χ0n) is 11.9. The standard InChI is InChI=1S/C16H22N2O/c1-4-12-6-8-15(11(12)2)18-16-9-14(19-3)7-5-13(16)10-17/h5,7,9,11-12,15,18H,4,6,8H2,1-3H3. The summed E-state index contributed by atoms with van der Waals surface area (Å²) in [6.45, 7) is 4.57. The highest BCUT2D eigenvalue weighted by Gasteiger charge is 2.31. The van der Waals surface area contributed by atoms with Gasteiger partial charge in [-0.15, -0.1) is 0 Å². The first kappa shape index (κ1) is 13.7. The zero-order chi connectivity index (χ0) is 13.8. The molecule has 2 rings (SSSR count). The van der Waals surface area contributed by atoms with E-state index in [-0.39, 0.29) is 0 Å². The molecule has 1 aromatic carbocycles. The second kappa shape index (κ2) is 5.97. The van der Waals surface area contributed by atoms with Crippen molar-refractivity contribution in [3.63, 3.8) is 0 Å². The van der Waals surface area contributed by atoms with Crippen molar-refractivity contribution in [1.82, 2.24) is 0 Å². The second-order valence-corrected chi connectivity index (χ2v) is 5.38. The van der Waals surface area contributed by atoms with Gasteiger partial charge in [-0.3, -0.25) is 0 Å². The SMILES string of the molecule is CCC1CCC(Nc2cc(OC)ccc2C#N)C1C. The molecule has 1 aromatic rings. The molecular weight excluding hydrogens is 236 g/mol. The maximum atomic E-state index is 9.19. The van der Waals surface area contributed by atoms with Crippen LogP contribution in [0.4, 0.5) is 5.69 Å². The van der Waals surface area contributed by atoms with Crippen LogP contribution in [0, 0.1) is 23.2 Å². The molecule has 0 aliphatic heterocycles. The van der Waals surface area contributed by atoms with E-state index in [0.29, 0.717) is 17.5 Å². The third-order valence-corrected chi connectivity index (χ3v) is 4.44. The second-order valence-electron chi connectivity index (χ2n) is 5.38. The highest BCUT2D eigenvalue weighted by atomic mass is 16.5. The highest BCUT2D eigenvalue weighted by molar-refractivity contribution is 5.61. The Labute approximate surface area is 115 Å². The lowest BCUT2D eigenvalue weighted by Gasteiger charge is -2.22. The van der Waals surface area contributed by atoms with Gasteiger partial charge in [-0.2, -0.15) is 5.26 Å². The minimum Gasteiger partial charge on any atom is -0.497 e. The predicted molar refractivity (Wildman–Crippen MR) is 77.3 cm³/mol. The van der Waals surface area contributed by atoms with E-state index in [1.165, 1.54) is 19.3 Å². The van der Waals surface area contributed by atoms with E-state index < -0.39 is 0 Å². The molecule has 102 valence electrons. The summed E-state index contributed by atoms with van der Waals surface area (Å²) >= 11 is 0. The number of nitriles is 1. The number of benzene rings is 1. The predicted octanol–water partition coefficient (Wildman–Crippen LogP) is 3.80. The van der Waals surface area contributed by atoms with Gasteiger partial charge < -0.3 is 10.1 Å². The molecular formula is C16H22N2O. The van der Waals surface area contributed by atoms with Crippen molar-refractivity contribution in [2.45, 2.75) is 39.2 Å². The molecule has 0 spiro atoms. The Kier molecular flexibility index (Phi) is 4.31. The molecule has 19 heavy (non-hydrogen) atoms. The first-order valence-corrected chi connectivity index (χ1v) is 7.04. The van der Waals surface area contributed by atoms with Crippen LogP contribution >= 0.6 is 0 Å². The normalized spacial score (nSPS) is 25.9. The Morgan fingerprint density at radius 2 is 2.21 bits per heavy atom. The molecule has 0 bridgehead atoms. The molecule has 1 aliphatic rings. The van der Waals surface area contributed by atoms with Crippen LogP contribution in [0.5, 0.6) is 5.75 Å². The average molecular weight is 258 g/mol. The van der Waals surface area contributed by atoms with Crippen molar-refractivity contribution in [1.29, 1.82) is 5.26 Å². The largest absolute Gasteiger partial charge is 0.497 e. The first-order valence-electron chi connectivity index (χ1n) is 7.04. The Hall–Kier alpha value is -1.69. The van der Waals surface area contributed by atoms with Gasteiger partial charge in [-0.05, 0) is 36.8 Å². The van der Waals surface area contributed by atoms with E-state index in [2.05, 4.69) is 25.2 Å². The summed E-state index contributed by atoms with van der Waals surface area (Å²) in [4.78, 5) is 0. The fourth-order valence-electron chi connectivity index (χ4n) is 3.09. The summed E-state index contributed by atoms with van der Waals surface area (Å²) < 4.78 is 5.24. The molecule has 3 atom stereocenters. The van der Waals surface area contributed by atoms with Crippen LogP contribution in [0.15, 0.2) is 18.2 Å². The van der Waals surface area contributed by atoms with Crippen molar-refractivity contribution in [3.05, 3.63) is 23.8 Å². The fraction of sp³-hybridized carbons (Fsp3) is 0.562. The number of nitrogens with zero attached hydrogens (tertiary/aromatic N) is 1. The Bertz CT molecular complexity index is 478. The summed E-state index contributed by atoms with van der Waals surface area (Å²) in [5.41, 5.74) is 1.59. The lowest BCUT2D eigenvalue weighted by atomic mass is 9.93. The van der Waals surface area contributed by atoms with Crippen LogP contribution in [-0.4, -0.2) is 13.2 Å². The Balaban J connectivity index is 2.17. The minimum atomic E-state index is 0.462. The van der Waals surface area contributed by atoms with E-state index in [9.17, 15) is 5.26 Å². The van der Waals surface area contributed by atoms with E-state index in [4.69, 9.17) is 4.74 Å². The third kappa shape index (κ3) is 2.84. The maximum Gasteiger partial charge on any atom is 0.121 e. The quantitative estimate of drug-likeness (QED) is 0.893. The van der Waals surface area contributed by atoms with Gasteiger partial charge in [-0.1, -0.05) is 20.3 Å². The topological polar surface area (TPSA) is 45.0 Å². The lowest BCUT2D eigenvalue weighted by Crippen LogP contribution is -2.25. The van der Waals surface area contributed by atoms with Crippen molar-refractivity contribution in [3.8, 4) is 11.8 Å². The zero-order valence-corrected chi connectivity index (χ0v) is 11.9. The van der Waals surface area contributed by atoms with Crippen LogP contribution < -0.4 is 10.1 Å². The van der Waals surface area contributed by atoms with Crippen LogP contribution in [0.3, 0.4) is 0 Å². The average Bonchev–Trinajstić information content (AvgIpc) is 2.79. The molecule has 1 saturated carbocycles. The van der Waals surface area contributed by atoms with Gasteiger partial charge >= 0.3 is 0 Å². The molecule has 0 aromatic heterocycles. The number of anilines is 1. The number of nitrogens with one attached hydrogen (secondary N) is 1. The smallest absolute Gasteiger partial charge is 0.121 e. The van der Waals surface area contributed by atoms with Gasteiger partial charge in [-0.25, -0.2) is 0 Å². The van der Waals surface area contributed by atoms with E-state index >= 15 is 0 Å². The monoisotopic (exact) mass is 258 g/mol. The van der Waals surface area contributed by atoms with E-state index in [0.717, 1.165) is 17.4 Å². The summed E-state index contributed by atoms with van der Waals surface area (Å²) in [5.74, 6) is 2.25. The molecule has 3 heteroatoms. The van der Waals surface area contributed by atoms with Gasteiger partial charge in [0, 0.05) is 12.1 Å². The van der Waals surface area contributed by atoms with Gasteiger partial charge in [0.25, 0.3) is 0 Å². The Morgan fingerprint density at radius 1 is 1.42 bits per heavy atom. The van der Waals surface area contributed by atoms with Crippen LogP contribution in [0.25, 0.3) is 0 Å². The summed E-state index contributed by atoms with van der Waals surface area (Å²) in [6, 6.07) is 8.27. The van der Waals surface area contributed by atoms with Crippen molar-refractivity contribution in [2.24, 2.45) is 11.8 Å². The number of rotatable bonds is 4. The summed E-state index contributed by atoms with van der Waals surface area (Å²) in [5, 5.41) is 12.7. The summed E-state index contributed by atoms with van der Waals surface area (Å²) in [7, 11) is 1.65. The molecule has 1 N–H and O–H groups in total. The van der Waals surface area contributed by atoms with E-state index in [1.54, 1.807) is 7.11 Å². The Morgan fingerprint density at radius 3 is 2.79 bits per heavy atom. The number of methoxy groups -OCH3 is 1. The first-order chi connectivity index (χ1) is 9.19. The summed E-state index contributed by atoms with van der Waals surface area (Å²) in [6.07, 6.45) is 3.70. The van der Waals surface area contributed by atoms with Gasteiger partial charge in [0.2, 0.25) is 0 Å². The molecule has 3 unspecified atom stereocenters. The van der Waals surface area contributed by atoms with Crippen LogP contribution in [-0.2, 0) is 0 Å². The van der Waals surface area contributed by atoms with E-state index in [1.807, 2.05) is 18.2 Å². The number of ether oxygens (including phenoxy) is 1.